The highest BCUT2D eigenvalue weighted by Gasteiger charge is 2.02. The average Bonchev–Trinajstić information content (AvgIpc) is 2.73. The van der Waals surface area contributed by atoms with Gasteiger partial charge < -0.3 is 11.5 Å². The SMILES string of the molecule is Cc1c(N)ccc(N=Nc2ccccc2)c1C.Nc1ccc2ccccc2c1. The number of hydrogen-bond acceptors (Lipinski definition) is 4. The van der Waals surface area contributed by atoms with Crippen molar-refractivity contribution >= 4 is 33.5 Å². The minimum absolute atomic E-state index is 0.793. The monoisotopic (exact) mass is 368 g/mol. The summed E-state index contributed by atoms with van der Waals surface area (Å²) in [5, 5.41) is 10.9. The fourth-order valence-electron chi connectivity index (χ4n) is 2.75. The molecule has 0 radical (unpaired) electrons. The first-order chi connectivity index (χ1) is 13.5. The molecule has 4 N–H and O–H groups in total. The van der Waals surface area contributed by atoms with Gasteiger partial charge in [-0.25, -0.2) is 0 Å². The summed E-state index contributed by atoms with van der Waals surface area (Å²) in [4.78, 5) is 0. The standard InChI is InChI=1S/C14H15N3.C10H9N/c1-10-11(2)14(9-8-13(10)15)17-16-12-6-4-3-5-7-12;11-10-6-5-8-3-1-2-4-9(8)7-10/h3-9H,15H2,1-2H3;1-7H,11H2. The summed E-state index contributed by atoms with van der Waals surface area (Å²) in [5.41, 5.74) is 16.9. The molecule has 0 aliphatic carbocycles. The maximum absolute atomic E-state index is 5.82. The number of azo groups is 1. The molecule has 0 unspecified atom stereocenters. The fourth-order valence-corrected chi connectivity index (χ4v) is 2.75. The second-order valence-corrected chi connectivity index (χ2v) is 6.57. The molecule has 0 heterocycles. The number of rotatable bonds is 2. The molecule has 28 heavy (non-hydrogen) atoms. The van der Waals surface area contributed by atoms with E-state index in [2.05, 4.69) is 22.4 Å². The zero-order valence-electron chi connectivity index (χ0n) is 16.1. The Labute approximate surface area is 165 Å². The lowest BCUT2D eigenvalue weighted by Gasteiger charge is -2.06. The van der Waals surface area contributed by atoms with Gasteiger partial charge in [0.1, 0.15) is 0 Å². The van der Waals surface area contributed by atoms with Crippen molar-refractivity contribution in [1.29, 1.82) is 0 Å². The molecule has 0 amide bonds. The quantitative estimate of drug-likeness (QED) is 0.304. The van der Waals surface area contributed by atoms with E-state index in [0.29, 0.717) is 0 Å². The Morgan fingerprint density at radius 1 is 0.607 bits per heavy atom. The first kappa shape index (κ1) is 19.1. The summed E-state index contributed by atoms with van der Waals surface area (Å²) in [6.07, 6.45) is 0. The molecule has 4 heteroatoms. The van der Waals surface area contributed by atoms with Crippen LogP contribution in [0.2, 0.25) is 0 Å². The molecule has 0 atom stereocenters. The van der Waals surface area contributed by atoms with Crippen LogP contribution in [-0.2, 0) is 0 Å². The Balaban J connectivity index is 0.000000176. The molecule has 0 fully saturated rings. The topological polar surface area (TPSA) is 76.8 Å². The normalized spacial score (nSPS) is 10.6. The second kappa shape index (κ2) is 8.82. The molecule has 4 rings (SSSR count). The number of nitrogens with zero attached hydrogens (tertiary/aromatic N) is 2. The first-order valence-corrected chi connectivity index (χ1v) is 9.11. The van der Waals surface area contributed by atoms with Crippen LogP contribution in [0.1, 0.15) is 11.1 Å². The van der Waals surface area contributed by atoms with Gasteiger partial charge in [-0.05, 0) is 72.1 Å². The van der Waals surface area contributed by atoms with Crippen LogP contribution < -0.4 is 11.5 Å². The van der Waals surface area contributed by atoms with Crippen molar-refractivity contribution < 1.29 is 0 Å². The largest absolute Gasteiger partial charge is 0.399 e. The van der Waals surface area contributed by atoms with Crippen molar-refractivity contribution in [2.45, 2.75) is 13.8 Å². The van der Waals surface area contributed by atoms with Crippen LogP contribution in [-0.4, -0.2) is 0 Å². The number of nitrogens with two attached hydrogens (primary N) is 2. The Kier molecular flexibility index (Phi) is 6.02. The maximum Gasteiger partial charge on any atom is 0.0890 e. The molecular formula is C24H24N4. The van der Waals surface area contributed by atoms with Crippen LogP contribution >= 0.6 is 0 Å². The molecule has 4 aromatic rings. The van der Waals surface area contributed by atoms with Gasteiger partial charge in [0.2, 0.25) is 0 Å². The van der Waals surface area contributed by atoms with Gasteiger partial charge in [-0.1, -0.05) is 48.5 Å². The minimum Gasteiger partial charge on any atom is -0.399 e. The molecule has 0 bridgehead atoms. The van der Waals surface area contributed by atoms with Crippen LogP contribution in [0.15, 0.2) is 95.2 Å². The maximum atomic E-state index is 5.82. The van der Waals surface area contributed by atoms with Gasteiger partial charge in [0, 0.05) is 11.4 Å². The summed E-state index contributed by atoms with van der Waals surface area (Å²) >= 11 is 0. The van der Waals surface area contributed by atoms with Crippen molar-refractivity contribution in [2.75, 3.05) is 11.5 Å². The third kappa shape index (κ3) is 4.74. The summed E-state index contributed by atoms with van der Waals surface area (Å²) in [6, 6.07) is 27.5. The predicted octanol–water partition coefficient (Wildman–Crippen LogP) is 6.72. The average molecular weight is 368 g/mol. The smallest absolute Gasteiger partial charge is 0.0890 e. The van der Waals surface area contributed by atoms with Crippen LogP contribution in [0.5, 0.6) is 0 Å². The third-order valence-corrected chi connectivity index (χ3v) is 4.60. The lowest BCUT2D eigenvalue weighted by Crippen LogP contribution is -1.91. The zero-order valence-corrected chi connectivity index (χ0v) is 16.1. The summed E-state index contributed by atoms with van der Waals surface area (Å²) in [6.45, 7) is 4.00. The number of anilines is 2. The van der Waals surface area contributed by atoms with Crippen LogP contribution in [0.25, 0.3) is 10.8 Å². The molecule has 0 saturated heterocycles. The Bertz CT molecular complexity index is 1100. The van der Waals surface area contributed by atoms with Gasteiger partial charge in [0.05, 0.1) is 11.4 Å². The van der Waals surface area contributed by atoms with Crippen molar-refractivity contribution in [3.8, 4) is 0 Å². The van der Waals surface area contributed by atoms with Crippen molar-refractivity contribution in [1.82, 2.24) is 0 Å². The molecule has 4 aromatic carbocycles. The summed E-state index contributed by atoms with van der Waals surface area (Å²) in [5.74, 6) is 0. The van der Waals surface area contributed by atoms with E-state index < -0.39 is 0 Å². The van der Waals surface area contributed by atoms with Crippen molar-refractivity contribution in [3.05, 3.63) is 96.1 Å². The molecule has 0 spiro atoms. The molecule has 0 saturated carbocycles. The van der Waals surface area contributed by atoms with E-state index in [1.54, 1.807) is 0 Å². The van der Waals surface area contributed by atoms with E-state index in [0.717, 1.165) is 33.9 Å². The molecular weight excluding hydrogens is 344 g/mol. The van der Waals surface area contributed by atoms with E-state index in [9.17, 15) is 0 Å². The van der Waals surface area contributed by atoms with Crippen molar-refractivity contribution in [2.24, 2.45) is 10.2 Å². The molecule has 4 nitrogen and oxygen atoms in total. The minimum atomic E-state index is 0.793. The lowest BCUT2D eigenvalue weighted by molar-refractivity contribution is 1.19. The fraction of sp³-hybridized carbons (Fsp3) is 0.0833. The van der Waals surface area contributed by atoms with E-state index in [-0.39, 0.29) is 0 Å². The number of benzene rings is 4. The van der Waals surface area contributed by atoms with Gasteiger partial charge in [-0.3, -0.25) is 0 Å². The molecule has 140 valence electrons. The van der Waals surface area contributed by atoms with Gasteiger partial charge >= 0.3 is 0 Å². The third-order valence-electron chi connectivity index (χ3n) is 4.60. The Morgan fingerprint density at radius 2 is 1.29 bits per heavy atom. The molecule has 0 aliphatic heterocycles. The number of fused-ring (bicyclic) bond motifs is 1. The highest BCUT2D eigenvalue weighted by Crippen LogP contribution is 2.27. The van der Waals surface area contributed by atoms with E-state index in [1.807, 2.05) is 86.6 Å². The van der Waals surface area contributed by atoms with E-state index in [4.69, 9.17) is 11.5 Å². The lowest BCUT2D eigenvalue weighted by atomic mass is 10.1. The molecule has 0 aromatic heterocycles. The number of nitrogen functional groups attached to an aromatic ring is 2. The van der Waals surface area contributed by atoms with Crippen LogP contribution in [0.4, 0.5) is 22.7 Å². The summed E-state index contributed by atoms with van der Waals surface area (Å²) in [7, 11) is 0. The highest BCUT2D eigenvalue weighted by atomic mass is 15.1. The molecule has 0 aliphatic rings. The van der Waals surface area contributed by atoms with E-state index in [1.165, 1.54) is 10.8 Å². The Hall–Kier alpha value is -3.66. The number of hydrogen-bond donors (Lipinski definition) is 2. The Morgan fingerprint density at radius 3 is 2.04 bits per heavy atom. The van der Waals surface area contributed by atoms with Crippen LogP contribution in [0, 0.1) is 13.8 Å². The van der Waals surface area contributed by atoms with Gasteiger partial charge in [0.15, 0.2) is 0 Å². The van der Waals surface area contributed by atoms with Gasteiger partial charge in [-0.15, -0.1) is 0 Å². The van der Waals surface area contributed by atoms with Crippen molar-refractivity contribution in [3.63, 3.8) is 0 Å². The summed E-state index contributed by atoms with van der Waals surface area (Å²) < 4.78 is 0. The van der Waals surface area contributed by atoms with Gasteiger partial charge in [-0.2, -0.15) is 10.2 Å². The van der Waals surface area contributed by atoms with Gasteiger partial charge in [0.25, 0.3) is 0 Å². The second-order valence-electron chi connectivity index (χ2n) is 6.57. The highest BCUT2D eigenvalue weighted by molar-refractivity contribution is 5.85. The first-order valence-electron chi connectivity index (χ1n) is 9.11. The van der Waals surface area contributed by atoms with E-state index >= 15 is 0 Å². The zero-order chi connectivity index (χ0) is 19.9. The van der Waals surface area contributed by atoms with Crippen LogP contribution in [0.3, 0.4) is 0 Å². The predicted molar refractivity (Wildman–Crippen MR) is 119 cm³/mol.